The Bertz CT molecular complexity index is 817. The minimum Gasteiger partial charge on any atom is -0.481 e. The molecule has 3 amide bonds. The smallest absolute Gasteiger partial charge is 0.308 e. The molecular formula is C22H31N3O9. The van der Waals surface area contributed by atoms with Crippen LogP contribution < -0.4 is 16.0 Å². The summed E-state index contributed by atoms with van der Waals surface area (Å²) in [7, 11) is 1.52. The monoisotopic (exact) mass is 481 g/mol. The van der Waals surface area contributed by atoms with Crippen molar-refractivity contribution in [1.82, 2.24) is 16.0 Å². The number of hydrogen-bond donors (Lipinski definition) is 4. The van der Waals surface area contributed by atoms with E-state index in [1.54, 1.807) is 30.3 Å². The van der Waals surface area contributed by atoms with Gasteiger partial charge in [-0.3, -0.25) is 24.0 Å². The molecule has 12 heteroatoms. The van der Waals surface area contributed by atoms with E-state index in [0.29, 0.717) is 13.2 Å². The number of ether oxygens (including phenoxy) is 3. The number of rotatable bonds is 16. The van der Waals surface area contributed by atoms with Crippen LogP contribution >= 0.6 is 0 Å². The van der Waals surface area contributed by atoms with Crippen molar-refractivity contribution in [3.05, 3.63) is 35.9 Å². The van der Waals surface area contributed by atoms with E-state index in [9.17, 15) is 24.0 Å². The van der Waals surface area contributed by atoms with E-state index in [-0.39, 0.29) is 19.8 Å². The quantitative estimate of drug-likeness (QED) is 0.177. The summed E-state index contributed by atoms with van der Waals surface area (Å²) in [6.45, 7) is 2.07. The molecule has 12 nitrogen and oxygen atoms in total. The number of benzene rings is 1. The highest BCUT2D eigenvalue weighted by molar-refractivity contribution is 5.95. The second-order valence-corrected chi connectivity index (χ2v) is 7.16. The van der Waals surface area contributed by atoms with Crippen molar-refractivity contribution >= 4 is 29.7 Å². The molecule has 0 aliphatic heterocycles. The predicted octanol–water partition coefficient (Wildman–Crippen LogP) is -0.637. The van der Waals surface area contributed by atoms with E-state index in [1.165, 1.54) is 7.11 Å². The van der Waals surface area contributed by atoms with Crippen LogP contribution in [0.4, 0.5) is 0 Å². The van der Waals surface area contributed by atoms with Crippen LogP contribution in [0, 0.1) is 0 Å². The Kier molecular flexibility index (Phi) is 13.6. The van der Waals surface area contributed by atoms with Gasteiger partial charge in [0.05, 0.1) is 32.7 Å². The highest BCUT2D eigenvalue weighted by Crippen LogP contribution is 2.04. The molecule has 0 heterocycles. The van der Waals surface area contributed by atoms with Gasteiger partial charge in [-0.25, -0.2) is 0 Å². The molecule has 0 spiro atoms. The maximum atomic E-state index is 12.7. The van der Waals surface area contributed by atoms with Crippen molar-refractivity contribution in [1.29, 1.82) is 0 Å². The van der Waals surface area contributed by atoms with Crippen LogP contribution in [0.3, 0.4) is 0 Å². The number of esters is 1. The molecule has 4 N–H and O–H groups in total. The third-order valence-electron chi connectivity index (χ3n) is 4.30. The van der Waals surface area contributed by atoms with E-state index < -0.39 is 54.6 Å². The Morgan fingerprint density at radius 1 is 0.912 bits per heavy atom. The number of methoxy groups -OCH3 is 1. The lowest BCUT2D eigenvalue weighted by atomic mass is 10.1. The molecular weight excluding hydrogens is 450 g/mol. The average Bonchev–Trinajstić information content (AvgIpc) is 2.79. The van der Waals surface area contributed by atoms with E-state index in [1.807, 2.05) is 0 Å². The van der Waals surface area contributed by atoms with Gasteiger partial charge in [-0.05, 0) is 5.56 Å². The molecule has 0 saturated carbocycles. The summed E-state index contributed by atoms with van der Waals surface area (Å²) in [6, 6.07) is 6.07. The second kappa shape index (κ2) is 16.2. The third kappa shape index (κ3) is 12.5. The van der Waals surface area contributed by atoms with Gasteiger partial charge >= 0.3 is 11.9 Å². The fraction of sp³-hybridized carbons (Fsp3) is 0.500. The topological polar surface area (TPSA) is 169 Å². The fourth-order valence-electron chi connectivity index (χ4n) is 2.69. The lowest BCUT2D eigenvalue weighted by Gasteiger charge is -2.21. The van der Waals surface area contributed by atoms with Crippen molar-refractivity contribution in [2.45, 2.75) is 38.5 Å². The normalized spacial score (nSPS) is 12.2. The number of carboxylic acids is 1. The lowest BCUT2D eigenvalue weighted by Crippen LogP contribution is -2.54. The minimum atomic E-state index is -1.43. The summed E-state index contributed by atoms with van der Waals surface area (Å²) < 4.78 is 15.2. The van der Waals surface area contributed by atoms with Crippen molar-refractivity contribution in [3.8, 4) is 0 Å². The van der Waals surface area contributed by atoms with Gasteiger partial charge in [0, 0.05) is 20.6 Å². The maximum Gasteiger partial charge on any atom is 0.308 e. The highest BCUT2D eigenvalue weighted by Gasteiger charge is 2.29. The van der Waals surface area contributed by atoms with E-state index in [2.05, 4.69) is 16.0 Å². The van der Waals surface area contributed by atoms with Crippen LogP contribution in [0.5, 0.6) is 0 Å². The number of carbonyl (C=O) groups excluding carboxylic acids is 4. The number of nitrogens with one attached hydrogen (secondary N) is 3. The molecule has 1 aromatic carbocycles. The SMILES string of the molecule is COCCOCCNC(=O)[C@H](CC(=O)O)NC(=O)[C@H](CC(=O)OCc1ccccc1)NC(C)=O. The Balaban J connectivity index is 2.69. The van der Waals surface area contributed by atoms with Gasteiger partial charge in [0.25, 0.3) is 0 Å². The van der Waals surface area contributed by atoms with Crippen molar-refractivity contribution in [2.75, 3.05) is 33.5 Å². The van der Waals surface area contributed by atoms with Gasteiger partial charge in [-0.2, -0.15) is 0 Å². The van der Waals surface area contributed by atoms with Gasteiger partial charge in [-0.1, -0.05) is 30.3 Å². The largest absolute Gasteiger partial charge is 0.481 e. The summed E-state index contributed by atoms with van der Waals surface area (Å²) in [5.41, 5.74) is 0.737. The molecule has 0 aliphatic carbocycles. The molecule has 1 rings (SSSR count). The first-order valence-electron chi connectivity index (χ1n) is 10.6. The molecule has 0 unspecified atom stereocenters. The number of aliphatic carboxylic acids is 1. The Morgan fingerprint density at radius 3 is 2.21 bits per heavy atom. The van der Waals surface area contributed by atoms with Crippen LogP contribution in [0.15, 0.2) is 30.3 Å². The van der Waals surface area contributed by atoms with Crippen LogP contribution in [-0.2, 0) is 44.8 Å². The summed E-state index contributed by atoms with van der Waals surface area (Å²) in [6.07, 6.45) is -1.21. The zero-order valence-corrected chi connectivity index (χ0v) is 19.2. The standard InChI is InChI=1S/C22H31N3O9/c1-15(26)24-18(13-20(29)34-14-16-6-4-3-5-7-16)22(31)25-17(12-19(27)28)21(30)23-8-9-33-11-10-32-2/h3-7,17-18H,8-14H2,1-2H3,(H,23,30)(H,24,26)(H,25,31)(H,27,28)/t17-,18-/m0/s1. The van der Waals surface area contributed by atoms with E-state index in [0.717, 1.165) is 12.5 Å². The number of hydrogen-bond acceptors (Lipinski definition) is 8. The van der Waals surface area contributed by atoms with Crippen LogP contribution in [0.2, 0.25) is 0 Å². The third-order valence-corrected chi connectivity index (χ3v) is 4.30. The molecule has 1 aromatic rings. The first-order chi connectivity index (χ1) is 16.2. The van der Waals surface area contributed by atoms with Crippen LogP contribution in [0.25, 0.3) is 0 Å². The van der Waals surface area contributed by atoms with Gasteiger partial charge < -0.3 is 35.3 Å². The Labute approximate surface area is 197 Å². The highest BCUT2D eigenvalue weighted by atomic mass is 16.5. The van der Waals surface area contributed by atoms with E-state index >= 15 is 0 Å². The molecule has 0 radical (unpaired) electrons. The number of amides is 3. The first kappa shape index (κ1) is 28.5. The summed E-state index contributed by atoms with van der Waals surface area (Å²) in [5, 5.41) is 16.2. The maximum absolute atomic E-state index is 12.7. The lowest BCUT2D eigenvalue weighted by molar-refractivity contribution is -0.148. The van der Waals surface area contributed by atoms with E-state index in [4.69, 9.17) is 19.3 Å². The first-order valence-corrected chi connectivity index (χ1v) is 10.6. The summed E-state index contributed by atoms with van der Waals surface area (Å²) >= 11 is 0. The second-order valence-electron chi connectivity index (χ2n) is 7.16. The summed E-state index contributed by atoms with van der Waals surface area (Å²) in [4.78, 5) is 60.0. The number of carbonyl (C=O) groups is 5. The average molecular weight is 482 g/mol. The van der Waals surface area contributed by atoms with Crippen molar-refractivity contribution < 1.29 is 43.3 Å². The van der Waals surface area contributed by atoms with Crippen molar-refractivity contribution in [3.63, 3.8) is 0 Å². The van der Waals surface area contributed by atoms with Crippen molar-refractivity contribution in [2.24, 2.45) is 0 Å². The Morgan fingerprint density at radius 2 is 1.59 bits per heavy atom. The molecule has 0 saturated heterocycles. The number of carboxylic acid groups (broad SMARTS) is 1. The van der Waals surface area contributed by atoms with Gasteiger partial charge in [0.1, 0.15) is 18.7 Å². The molecule has 34 heavy (non-hydrogen) atoms. The predicted molar refractivity (Wildman–Crippen MR) is 118 cm³/mol. The van der Waals surface area contributed by atoms with Gasteiger partial charge in [-0.15, -0.1) is 0 Å². The molecule has 0 bridgehead atoms. The Hall–Kier alpha value is -3.51. The van der Waals surface area contributed by atoms with Gasteiger partial charge in [0.15, 0.2) is 0 Å². The van der Waals surface area contributed by atoms with Crippen LogP contribution in [-0.4, -0.2) is 80.3 Å². The molecule has 0 fully saturated rings. The fourth-order valence-corrected chi connectivity index (χ4v) is 2.69. The molecule has 188 valence electrons. The summed E-state index contributed by atoms with van der Waals surface area (Å²) in [5.74, 6) is -4.33. The van der Waals surface area contributed by atoms with Gasteiger partial charge in [0.2, 0.25) is 17.7 Å². The zero-order valence-electron chi connectivity index (χ0n) is 19.2. The zero-order chi connectivity index (χ0) is 25.3. The molecule has 0 aromatic heterocycles. The minimum absolute atomic E-state index is 0.0232. The molecule has 2 atom stereocenters. The molecule has 0 aliphatic rings. The van der Waals surface area contributed by atoms with Crippen LogP contribution in [0.1, 0.15) is 25.3 Å².